The number of aliphatic hydroxyl groups is 1. The Labute approximate surface area is 99.7 Å². The molecule has 0 amide bonds. The zero-order valence-electron chi connectivity index (χ0n) is 9.30. The van der Waals surface area contributed by atoms with Gasteiger partial charge in [0, 0.05) is 18.8 Å². The van der Waals surface area contributed by atoms with Crippen LogP contribution in [0.15, 0.2) is 30.5 Å². The maximum atomic E-state index is 11.8. The first-order valence-electron chi connectivity index (χ1n) is 4.81. The van der Waals surface area contributed by atoms with Crippen molar-refractivity contribution >= 4 is 19.0 Å². The highest BCUT2D eigenvalue weighted by molar-refractivity contribution is 7.51. The Morgan fingerprint density at radius 1 is 1.47 bits per heavy atom. The molecule has 0 aliphatic carbocycles. The molecular weight excluding hydrogens is 243 g/mol. The van der Waals surface area contributed by atoms with Crippen molar-refractivity contribution in [2.45, 2.75) is 0 Å². The summed E-state index contributed by atoms with van der Waals surface area (Å²) < 4.78 is 16.6. The summed E-state index contributed by atoms with van der Waals surface area (Å²) in [6.07, 6.45) is 1.71. The van der Waals surface area contributed by atoms with Crippen molar-refractivity contribution in [1.82, 2.24) is 5.01 Å². The lowest BCUT2D eigenvalue weighted by molar-refractivity contribution is 0.109. The van der Waals surface area contributed by atoms with E-state index in [4.69, 9.17) is 9.63 Å². The molecule has 0 saturated heterocycles. The van der Waals surface area contributed by atoms with Gasteiger partial charge in [-0.15, -0.1) is 0 Å². The van der Waals surface area contributed by atoms with Gasteiger partial charge in [-0.3, -0.25) is 19.5 Å². The molecule has 1 aliphatic rings. The highest BCUT2D eigenvalue weighted by atomic mass is 31.1. The van der Waals surface area contributed by atoms with Gasteiger partial charge in [0.25, 0.3) is 0 Å². The molecule has 7 heteroatoms. The van der Waals surface area contributed by atoms with Crippen molar-refractivity contribution in [3.63, 3.8) is 0 Å². The standard InChI is InChI=1S/C10H13N2O3P.H2O/c1-12-6-10(16(14)15-7-13)8-4-2-3-5-9(8)11-12;/h2-6,11,13,16H,7H2,1H3;1H2. The van der Waals surface area contributed by atoms with E-state index in [0.29, 0.717) is 5.31 Å². The zero-order valence-corrected chi connectivity index (χ0v) is 10.3. The molecule has 1 heterocycles. The number of hydrogen-bond donors (Lipinski definition) is 2. The molecule has 4 N–H and O–H groups in total. The lowest BCUT2D eigenvalue weighted by Crippen LogP contribution is -2.23. The third kappa shape index (κ3) is 2.87. The molecule has 2 rings (SSSR count). The van der Waals surface area contributed by atoms with Gasteiger partial charge in [-0.2, -0.15) is 0 Å². The van der Waals surface area contributed by atoms with Crippen LogP contribution < -0.4 is 5.43 Å². The number of nitrogens with one attached hydrogen (secondary N) is 1. The second kappa shape index (κ2) is 5.84. The van der Waals surface area contributed by atoms with Crippen molar-refractivity contribution in [1.29, 1.82) is 0 Å². The van der Waals surface area contributed by atoms with Crippen LogP contribution in [0.25, 0.3) is 5.31 Å². The number of hydrogen-bond acceptors (Lipinski definition) is 5. The fourth-order valence-corrected chi connectivity index (χ4v) is 2.61. The van der Waals surface area contributed by atoms with Gasteiger partial charge in [0.05, 0.1) is 11.0 Å². The predicted octanol–water partition coefficient (Wildman–Crippen LogP) is 0.874. The second-order valence-electron chi connectivity index (χ2n) is 3.37. The lowest BCUT2D eigenvalue weighted by atomic mass is 10.1. The first kappa shape index (κ1) is 13.7. The van der Waals surface area contributed by atoms with E-state index in [1.165, 1.54) is 0 Å². The van der Waals surface area contributed by atoms with Gasteiger partial charge in [-0.1, -0.05) is 18.2 Å². The summed E-state index contributed by atoms with van der Waals surface area (Å²) in [6.45, 7) is -0.533. The summed E-state index contributed by atoms with van der Waals surface area (Å²) in [4.78, 5) is 0. The molecule has 0 spiro atoms. The van der Waals surface area contributed by atoms with E-state index in [1.54, 1.807) is 11.2 Å². The van der Waals surface area contributed by atoms with Crippen molar-refractivity contribution in [2.75, 3.05) is 19.3 Å². The first-order valence-corrected chi connectivity index (χ1v) is 6.12. The Morgan fingerprint density at radius 2 is 2.18 bits per heavy atom. The van der Waals surface area contributed by atoms with Crippen molar-refractivity contribution < 1.29 is 19.7 Å². The SMILES string of the molecule is CN1C=C([PH](=O)OCO)c2ccccc2N1.O. The van der Waals surface area contributed by atoms with Crippen molar-refractivity contribution in [3.05, 3.63) is 36.0 Å². The third-order valence-corrected chi connectivity index (χ3v) is 3.48. The number of nitrogens with zero attached hydrogens (tertiary/aromatic N) is 1. The summed E-state index contributed by atoms with van der Waals surface area (Å²) in [5, 5.41) is 10.9. The number of benzene rings is 1. The van der Waals surface area contributed by atoms with Crippen molar-refractivity contribution in [3.8, 4) is 0 Å². The van der Waals surface area contributed by atoms with Crippen LogP contribution in [0.1, 0.15) is 5.56 Å². The predicted molar refractivity (Wildman–Crippen MR) is 66.6 cm³/mol. The van der Waals surface area contributed by atoms with Crippen LogP contribution in [-0.2, 0) is 9.09 Å². The maximum Gasteiger partial charge on any atom is 0.224 e. The van der Waals surface area contributed by atoms with Gasteiger partial charge in [0.2, 0.25) is 8.03 Å². The number of hydrazine groups is 1. The molecule has 6 nitrogen and oxygen atoms in total. The second-order valence-corrected chi connectivity index (χ2v) is 4.77. The molecular formula is C10H15N2O4P. The fourth-order valence-electron chi connectivity index (χ4n) is 1.60. The smallest absolute Gasteiger partial charge is 0.224 e. The van der Waals surface area contributed by atoms with Crippen LogP contribution in [-0.4, -0.2) is 29.4 Å². The van der Waals surface area contributed by atoms with E-state index < -0.39 is 14.8 Å². The molecule has 0 radical (unpaired) electrons. The summed E-state index contributed by atoms with van der Waals surface area (Å²) in [6, 6.07) is 7.53. The van der Waals surface area contributed by atoms with E-state index in [0.717, 1.165) is 11.3 Å². The average Bonchev–Trinajstić information content (AvgIpc) is 2.28. The largest absolute Gasteiger partial charge is 0.412 e. The summed E-state index contributed by atoms with van der Waals surface area (Å²) in [5.74, 6) is 0. The topological polar surface area (TPSA) is 93.3 Å². The molecule has 1 unspecified atom stereocenters. The average molecular weight is 258 g/mol. The summed E-state index contributed by atoms with van der Waals surface area (Å²) >= 11 is 0. The number of anilines is 1. The van der Waals surface area contributed by atoms with Crippen LogP contribution >= 0.6 is 8.03 Å². The van der Waals surface area contributed by atoms with Gasteiger partial charge >= 0.3 is 0 Å². The molecule has 17 heavy (non-hydrogen) atoms. The van der Waals surface area contributed by atoms with E-state index in [2.05, 4.69) is 5.43 Å². The number of fused-ring (bicyclic) bond motifs is 1. The number of para-hydroxylation sites is 1. The van der Waals surface area contributed by atoms with Crippen LogP contribution in [0.5, 0.6) is 0 Å². The molecule has 1 atom stereocenters. The van der Waals surface area contributed by atoms with Crippen LogP contribution in [0.2, 0.25) is 0 Å². The lowest BCUT2D eigenvalue weighted by Gasteiger charge is -2.26. The van der Waals surface area contributed by atoms with Gasteiger partial charge in [0.15, 0.2) is 6.79 Å². The Bertz CT molecular complexity index is 450. The Balaban J connectivity index is 0.00000144. The molecule has 1 aliphatic heterocycles. The van der Waals surface area contributed by atoms with Crippen LogP contribution in [0, 0.1) is 0 Å². The Hall–Kier alpha value is -1.33. The molecule has 0 bridgehead atoms. The fraction of sp³-hybridized carbons (Fsp3) is 0.200. The van der Waals surface area contributed by atoms with Crippen molar-refractivity contribution in [2.24, 2.45) is 0 Å². The molecule has 0 aromatic heterocycles. The normalized spacial score (nSPS) is 15.2. The first-order chi connectivity index (χ1) is 7.72. The number of aliphatic hydroxyl groups excluding tert-OH is 1. The van der Waals surface area contributed by atoms with Gasteiger partial charge in [-0.05, 0) is 6.07 Å². The molecule has 1 aromatic rings. The van der Waals surface area contributed by atoms with E-state index >= 15 is 0 Å². The minimum absolute atomic E-state index is 0. The van der Waals surface area contributed by atoms with Crippen LogP contribution in [0.4, 0.5) is 5.69 Å². The quantitative estimate of drug-likeness (QED) is 0.620. The number of rotatable bonds is 3. The van der Waals surface area contributed by atoms with Gasteiger partial charge in [-0.25, -0.2) is 0 Å². The van der Waals surface area contributed by atoms with Gasteiger partial charge in [0.1, 0.15) is 0 Å². The zero-order chi connectivity index (χ0) is 11.5. The minimum atomic E-state index is -2.41. The molecule has 0 saturated carbocycles. The van der Waals surface area contributed by atoms with E-state index in [9.17, 15) is 4.57 Å². The Morgan fingerprint density at radius 3 is 2.88 bits per heavy atom. The molecule has 0 fully saturated rings. The van der Waals surface area contributed by atoms with E-state index in [1.807, 2.05) is 31.3 Å². The molecule has 94 valence electrons. The summed E-state index contributed by atoms with van der Waals surface area (Å²) in [5.41, 5.74) is 4.83. The monoisotopic (exact) mass is 258 g/mol. The highest BCUT2D eigenvalue weighted by Gasteiger charge is 2.19. The minimum Gasteiger partial charge on any atom is -0.412 e. The third-order valence-electron chi connectivity index (χ3n) is 2.25. The highest BCUT2D eigenvalue weighted by Crippen LogP contribution is 2.45. The maximum absolute atomic E-state index is 11.8. The Kier molecular flexibility index (Phi) is 4.72. The summed E-state index contributed by atoms with van der Waals surface area (Å²) in [7, 11) is -0.597. The van der Waals surface area contributed by atoms with Gasteiger partial charge < -0.3 is 10.6 Å². The van der Waals surface area contributed by atoms with E-state index in [-0.39, 0.29) is 5.48 Å². The molecule has 1 aromatic carbocycles. The van der Waals surface area contributed by atoms with Crippen LogP contribution in [0.3, 0.4) is 0 Å².